The maximum Gasteiger partial charge on any atom is 0.330 e. The van der Waals surface area contributed by atoms with Crippen molar-refractivity contribution in [2.75, 3.05) is 19.5 Å². The summed E-state index contributed by atoms with van der Waals surface area (Å²) in [4.78, 5) is 49.2. The van der Waals surface area contributed by atoms with E-state index in [0.717, 1.165) is 23.9 Å². The maximum absolute atomic E-state index is 13.4. The first kappa shape index (κ1) is 29.2. The second-order valence-corrected chi connectivity index (χ2v) is 12.5. The van der Waals surface area contributed by atoms with Gasteiger partial charge in [-0.2, -0.15) is 0 Å². The summed E-state index contributed by atoms with van der Waals surface area (Å²) in [5.41, 5.74) is -3.54. The van der Waals surface area contributed by atoms with Crippen molar-refractivity contribution in [1.82, 2.24) is 14.6 Å². The molecule has 1 aliphatic heterocycles. The number of nitrogens with zero attached hydrogens (tertiary/aromatic N) is 1. The van der Waals surface area contributed by atoms with E-state index in [1.165, 1.54) is 13.8 Å². The summed E-state index contributed by atoms with van der Waals surface area (Å²) in [6, 6.07) is -0.0469. The van der Waals surface area contributed by atoms with Gasteiger partial charge in [0, 0.05) is 12.3 Å². The zero-order chi connectivity index (χ0) is 26.6. The van der Waals surface area contributed by atoms with Gasteiger partial charge < -0.3 is 28.9 Å². The molecule has 14 nitrogen and oxygen atoms in total. The van der Waals surface area contributed by atoms with Crippen LogP contribution in [0.5, 0.6) is 0 Å². The number of esters is 2. The summed E-state index contributed by atoms with van der Waals surface area (Å²) in [6.45, 7) is 1.34. The van der Waals surface area contributed by atoms with Crippen LogP contribution in [-0.4, -0.2) is 81.1 Å². The average Bonchev–Trinajstić information content (AvgIpc) is 2.99. The van der Waals surface area contributed by atoms with Gasteiger partial charge in [-0.1, -0.05) is 0 Å². The largest absolute Gasteiger partial charge is 0.468 e. The van der Waals surface area contributed by atoms with Crippen LogP contribution in [-0.2, 0) is 32.9 Å². The quantitative estimate of drug-likeness (QED) is 0.208. The molecular weight excluding hydrogens is 509 g/mol. The average molecular weight is 540 g/mol. The Kier molecular flexibility index (Phi) is 9.87. The number of aliphatic hydroxyl groups excluding tert-OH is 1. The molecule has 0 aromatic carbocycles. The van der Waals surface area contributed by atoms with Gasteiger partial charge in [0.05, 0.1) is 19.8 Å². The highest BCUT2D eigenvalue weighted by molar-refractivity contribution is 8.56. The molecule has 0 aliphatic carbocycles. The van der Waals surface area contributed by atoms with Crippen LogP contribution in [0.3, 0.4) is 0 Å². The molecule has 198 valence electrons. The molecule has 1 unspecified atom stereocenters. The van der Waals surface area contributed by atoms with Crippen molar-refractivity contribution >= 4 is 30.0 Å². The zero-order valence-electron chi connectivity index (χ0n) is 19.8. The van der Waals surface area contributed by atoms with Crippen LogP contribution < -0.4 is 16.3 Å². The summed E-state index contributed by atoms with van der Waals surface area (Å²) in [5.74, 6) is -1.79. The minimum atomic E-state index is -3.99. The molecule has 0 amide bonds. The Balaban J connectivity index is 2.19. The Labute approximate surface area is 204 Å². The first-order valence-corrected chi connectivity index (χ1v) is 13.7. The van der Waals surface area contributed by atoms with Crippen molar-refractivity contribution in [1.29, 1.82) is 0 Å². The molecule has 1 aromatic rings. The number of aromatic amines is 1. The fourth-order valence-corrected chi connectivity index (χ4v) is 6.56. The van der Waals surface area contributed by atoms with Gasteiger partial charge in [0.2, 0.25) is 0 Å². The monoisotopic (exact) mass is 539 g/mol. The van der Waals surface area contributed by atoms with Crippen molar-refractivity contribution in [2.24, 2.45) is 0 Å². The second-order valence-electron chi connectivity index (χ2n) is 8.19. The van der Waals surface area contributed by atoms with Gasteiger partial charge in [0.15, 0.2) is 6.23 Å². The summed E-state index contributed by atoms with van der Waals surface area (Å²) in [6.07, 6.45) is -3.62. The number of aromatic nitrogens is 2. The van der Waals surface area contributed by atoms with E-state index in [0.29, 0.717) is 11.4 Å². The van der Waals surface area contributed by atoms with E-state index in [9.17, 15) is 34.0 Å². The van der Waals surface area contributed by atoms with E-state index in [-0.39, 0.29) is 5.75 Å². The molecule has 1 saturated heterocycles. The molecule has 1 fully saturated rings. The summed E-state index contributed by atoms with van der Waals surface area (Å²) in [7, 11) is 1.15. The molecule has 0 radical (unpaired) electrons. The van der Waals surface area contributed by atoms with Gasteiger partial charge in [-0.05, 0) is 39.1 Å². The minimum absolute atomic E-state index is 0.381. The van der Waals surface area contributed by atoms with Crippen molar-refractivity contribution in [3.8, 4) is 0 Å². The molecule has 16 heteroatoms. The van der Waals surface area contributed by atoms with E-state index < -0.39 is 72.7 Å². The Hall–Kier alpha value is -2.00. The van der Waals surface area contributed by atoms with Crippen LogP contribution in [0, 0.1) is 0 Å². The number of methoxy groups -OCH3 is 1. The fraction of sp³-hybridized carbons (Fsp3) is 0.684. The van der Waals surface area contributed by atoms with Crippen molar-refractivity contribution in [2.45, 2.75) is 63.9 Å². The number of nitrogens with one attached hydrogen (secondary N) is 2. The van der Waals surface area contributed by atoms with Gasteiger partial charge >= 0.3 is 24.3 Å². The number of rotatable bonds is 11. The lowest BCUT2D eigenvalue weighted by molar-refractivity contribution is -0.149. The van der Waals surface area contributed by atoms with Gasteiger partial charge in [-0.15, -0.1) is 0 Å². The van der Waals surface area contributed by atoms with E-state index in [4.69, 9.17) is 14.0 Å². The fourth-order valence-electron chi connectivity index (χ4n) is 3.09. The number of carbonyl (C=O) groups is 2. The van der Waals surface area contributed by atoms with Crippen LogP contribution in [0.2, 0.25) is 0 Å². The van der Waals surface area contributed by atoms with E-state index in [1.807, 2.05) is 4.98 Å². The minimum Gasteiger partial charge on any atom is -0.468 e. The Bertz CT molecular complexity index is 1070. The van der Waals surface area contributed by atoms with Crippen LogP contribution in [0.4, 0.5) is 0 Å². The maximum atomic E-state index is 13.4. The van der Waals surface area contributed by atoms with Crippen molar-refractivity contribution < 1.29 is 43.1 Å². The van der Waals surface area contributed by atoms with Crippen LogP contribution in [0.1, 0.15) is 33.9 Å². The molecule has 1 aliphatic rings. The van der Waals surface area contributed by atoms with Crippen molar-refractivity contribution in [3.05, 3.63) is 33.1 Å². The molecule has 1 aromatic heterocycles. The highest BCUT2D eigenvalue weighted by Crippen LogP contribution is 2.57. The lowest BCUT2D eigenvalue weighted by Crippen LogP contribution is -2.47. The SMILES string of the molecule is COC(=O)CSP(=O)(N[C@H](C)C(=O)OC(C)C)OC[C@H]1O[C@@H](n2ccc(=O)[nH]c2=O)[C@](C)(O)[C@@H]1O. The Morgan fingerprint density at radius 3 is 2.60 bits per heavy atom. The van der Waals surface area contributed by atoms with Gasteiger partial charge in [0.1, 0.15) is 29.6 Å². The number of hydrogen-bond donors (Lipinski definition) is 4. The third kappa shape index (κ3) is 7.49. The van der Waals surface area contributed by atoms with Crippen LogP contribution >= 0.6 is 18.1 Å². The van der Waals surface area contributed by atoms with E-state index in [2.05, 4.69) is 9.82 Å². The molecule has 2 rings (SSSR count). The molecule has 4 N–H and O–H groups in total. The molecule has 0 spiro atoms. The van der Waals surface area contributed by atoms with Crippen LogP contribution in [0.15, 0.2) is 21.9 Å². The summed E-state index contributed by atoms with van der Waals surface area (Å²) in [5, 5.41) is 23.9. The smallest absolute Gasteiger partial charge is 0.330 e. The molecular formula is C19H30N3O11PS. The zero-order valence-corrected chi connectivity index (χ0v) is 21.5. The first-order valence-electron chi connectivity index (χ1n) is 10.5. The van der Waals surface area contributed by atoms with Crippen molar-refractivity contribution in [3.63, 3.8) is 0 Å². The first-order chi connectivity index (χ1) is 16.2. The van der Waals surface area contributed by atoms with Crippen LogP contribution in [0.25, 0.3) is 0 Å². The predicted molar refractivity (Wildman–Crippen MR) is 124 cm³/mol. The normalized spacial score (nSPS) is 26.8. The number of ether oxygens (including phenoxy) is 3. The third-order valence-electron chi connectivity index (χ3n) is 4.90. The number of H-pyrrole nitrogens is 1. The number of carbonyl (C=O) groups excluding carboxylic acids is 2. The molecule has 35 heavy (non-hydrogen) atoms. The highest BCUT2D eigenvalue weighted by Gasteiger charge is 2.54. The lowest BCUT2D eigenvalue weighted by atomic mass is 9.96. The third-order valence-corrected chi connectivity index (χ3v) is 8.84. The second kappa shape index (κ2) is 11.8. The van der Waals surface area contributed by atoms with Gasteiger partial charge in [0.25, 0.3) is 5.56 Å². The van der Waals surface area contributed by atoms with E-state index >= 15 is 0 Å². The standard InChI is InChI=1S/C19H30N3O11PS/c1-10(2)32-16(26)11(3)21-34(29,35-9-14(24)30-5)31-8-12-15(25)19(4,28)17(33-12)22-7-6-13(23)20-18(22)27/h6-7,10-12,15,17,25,28H,8-9H2,1-5H3,(H,21,29)(H,20,23,27)/t11-,12-,15-,17-,19-,34?/m1/s1. The Morgan fingerprint density at radius 1 is 1.37 bits per heavy atom. The van der Waals surface area contributed by atoms with Gasteiger partial charge in [-0.3, -0.25) is 28.5 Å². The molecule has 0 bridgehead atoms. The lowest BCUT2D eigenvalue weighted by Gasteiger charge is -2.27. The summed E-state index contributed by atoms with van der Waals surface area (Å²) < 4.78 is 35.0. The number of hydrogen-bond acceptors (Lipinski definition) is 12. The highest BCUT2D eigenvalue weighted by atomic mass is 32.7. The predicted octanol–water partition coefficient (Wildman–Crippen LogP) is -0.493. The molecule has 2 heterocycles. The van der Waals surface area contributed by atoms with E-state index in [1.54, 1.807) is 13.8 Å². The molecule has 0 saturated carbocycles. The summed E-state index contributed by atoms with van der Waals surface area (Å²) >= 11 is 0.552. The van der Waals surface area contributed by atoms with Gasteiger partial charge in [-0.25, -0.2) is 9.88 Å². The topological polar surface area (TPSA) is 195 Å². The Morgan fingerprint density at radius 2 is 2.03 bits per heavy atom. The number of aliphatic hydroxyl groups is 2. The molecule has 6 atom stereocenters.